The fourth-order valence-corrected chi connectivity index (χ4v) is 4.25. The zero-order chi connectivity index (χ0) is 26.3. The average Bonchev–Trinajstić information content (AvgIpc) is 2.89. The lowest BCUT2D eigenvalue weighted by molar-refractivity contribution is -0.135. The van der Waals surface area contributed by atoms with Crippen molar-refractivity contribution in [2.75, 3.05) is 40.9 Å². The Morgan fingerprint density at radius 1 is 1.08 bits per heavy atom. The van der Waals surface area contributed by atoms with E-state index in [1.165, 1.54) is 19.7 Å². The van der Waals surface area contributed by atoms with Crippen LogP contribution in [0.15, 0.2) is 48.5 Å². The zero-order valence-corrected chi connectivity index (χ0v) is 21.2. The van der Waals surface area contributed by atoms with Crippen molar-refractivity contribution in [3.63, 3.8) is 0 Å². The van der Waals surface area contributed by atoms with Crippen LogP contribution in [0, 0.1) is 11.8 Å². The first-order valence-electron chi connectivity index (χ1n) is 11.9. The molecule has 2 aromatic carbocycles. The summed E-state index contributed by atoms with van der Waals surface area (Å²) in [7, 11) is 4.50. The van der Waals surface area contributed by atoms with E-state index in [1.807, 2.05) is 12.1 Å². The summed E-state index contributed by atoms with van der Waals surface area (Å²) in [5.74, 6) is 4.29. The molecule has 2 N–H and O–H groups in total. The van der Waals surface area contributed by atoms with Gasteiger partial charge in [0, 0.05) is 57.5 Å². The molecule has 0 spiro atoms. The number of carbonyl (C=O) groups is 3. The first-order chi connectivity index (χ1) is 17.3. The first-order valence-corrected chi connectivity index (χ1v) is 11.9. The van der Waals surface area contributed by atoms with Crippen molar-refractivity contribution in [3.05, 3.63) is 70.8 Å². The topological polar surface area (TPSA) is 99.2 Å². The average molecular weight is 492 g/mol. The van der Waals surface area contributed by atoms with Crippen molar-refractivity contribution in [2.24, 2.45) is 0 Å². The number of likely N-dealkylation sites (tertiary alicyclic amines) is 1. The van der Waals surface area contributed by atoms with Gasteiger partial charge in [-0.05, 0) is 48.4 Å². The smallest absolute Gasteiger partial charge is 0.254 e. The highest BCUT2D eigenvalue weighted by molar-refractivity contribution is 6.10. The summed E-state index contributed by atoms with van der Waals surface area (Å²) in [6.07, 6.45) is 1.01. The Morgan fingerprint density at radius 2 is 1.64 bits per heavy atom. The first kappa shape index (κ1) is 27.1. The molecule has 1 aliphatic rings. The molecule has 0 saturated carbocycles. The molecule has 1 fully saturated rings. The molecule has 1 heterocycles. The normalized spacial score (nSPS) is 15.1. The second kappa shape index (κ2) is 12.0. The van der Waals surface area contributed by atoms with Gasteiger partial charge in [0.15, 0.2) is 11.8 Å². The molecule has 8 nitrogen and oxygen atoms in total. The van der Waals surface area contributed by atoms with Gasteiger partial charge in [-0.3, -0.25) is 19.3 Å². The SMILES string of the molecule is CCC1(OC)CN(Cc2ccc(C#Cc3ccc(C(=O)N(C)C(C(=O)CO)C(=O)NC)cc3)cc2)C1. The monoisotopic (exact) mass is 491 g/mol. The molecule has 1 saturated heterocycles. The fourth-order valence-electron chi connectivity index (χ4n) is 4.25. The maximum Gasteiger partial charge on any atom is 0.254 e. The summed E-state index contributed by atoms with van der Waals surface area (Å²) < 4.78 is 5.63. The number of ketones is 1. The maximum absolute atomic E-state index is 12.8. The van der Waals surface area contributed by atoms with Crippen LogP contribution in [0.1, 0.15) is 40.4 Å². The summed E-state index contributed by atoms with van der Waals surface area (Å²) in [6.45, 7) is 4.09. The minimum Gasteiger partial charge on any atom is -0.388 e. The summed E-state index contributed by atoms with van der Waals surface area (Å²) in [5.41, 5.74) is 3.15. The highest BCUT2D eigenvalue weighted by atomic mass is 16.5. The summed E-state index contributed by atoms with van der Waals surface area (Å²) in [5, 5.41) is 11.5. The van der Waals surface area contributed by atoms with Gasteiger partial charge in [-0.15, -0.1) is 0 Å². The molecule has 36 heavy (non-hydrogen) atoms. The number of hydrogen-bond donors (Lipinski definition) is 2. The summed E-state index contributed by atoms with van der Waals surface area (Å²) in [4.78, 5) is 40.2. The number of nitrogens with one attached hydrogen (secondary N) is 1. The number of likely N-dealkylation sites (N-methyl/N-ethyl adjacent to an activating group) is 2. The lowest BCUT2D eigenvalue weighted by Gasteiger charge is -2.48. The maximum atomic E-state index is 12.8. The van der Waals surface area contributed by atoms with Crippen LogP contribution in [-0.2, 0) is 20.9 Å². The molecule has 190 valence electrons. The van der Waals surface area contributed by atoms with E-state index in [2.05, 4.69) is 41.1 Å². The number of aliphatic hydroxyl groups excluding tert-OH is 1. The fraction of sp³-hybridized carbons (Fsp3) is 0.393. The van der Waals surface area contributed by atoms with Gasteiger partial charge in [0.05, 0.1) is 5.60 Å². The Balaban J connectivity index is 1.61. The highest BCUT2D eigenvalue weighted by Gasteiger charge is 2.41. The van der Waals surface area contributed by atoms with Gasteiger partial charge in [-0.25, -0.2) is 0 Å². The van der Waals surface area contributed by atoms with Gasteiger partial charge >= 0.3 is 0 Å². The van der Waals surface area contributed by atoms with E-state index in [0.29, 0.717) is 5.56 Å². The van der Waals surface area contributed by atoms with Gasteiger partial charge in [-0.1, -0.05) is 30.9 Å². The van der Waals surface area contributed by atoms with E-state index in [4.69, 9.17) is 9.84 Å². The largest absolute Gasteiger partial charge is 0.388 e. The number of carbonyl (C=O) groups excluding carboxylic acids is 3. The van der Waals surface area contributed by atoms with E-state index >= 15 is 0 Å². The molecule has 2 amide bonds. The second-order valence-corrected chi connectivity index (χ2v) is 8.97. The van der Waals surface area contributed by atoms with Gasteiger partial charge < -0.3 is 20.1 Å². The minimum absolute atomic E-state index is 0.00367. The molecular formula is C28H33N3O5. The molecule has 1 aliphatic heterocycles. The Labute approximate surface area is 212 Å². The molecule has 0 bridgehead atoms. The Morgan fingerprint density at radius 3 is 2.11 bits per heavy atom. The Bertz CT molecular complexity index is 1120. The summed E-state index contributed by atoms with van der Waals surface area (Å²) >= 11 is 0. The van der Waals surface area contributed by atoms with Crippen LogP contribution in [0.25, 0.3) is 0 Å². The van der Waals surface area contributed by atoms with Crippen molar-refractivity contribution in [2.45, 2.75) is 31.5 Å². The number of methoxy groups -OCH3 is 1. The highest BCUT2D eigenvalue weighted by Crippen LogP contribution is 2.29. The zero-order valence-electron chi connectivity index (χ0n) is 21.2. The van der Waals surface area contributed by atoms with Crippen LogP contribution < -0.4 is 5.32 Å². The number of benzene rings is 2. The molecule has 8 heteroatoms. The lowest BCUT2D eigenvalue weighted by atomic mass is 9.90. The molecule has 1 unspecified atom stereocenters. The molecule has 0 aromatic heterocycles. The molecular weight excluding hydrogens is 458 g/mol. The number of amides is 2. The van der Waals surface area contributed by atoms with Crippen molar-refractivity contribution < 1.29 is 24.2 Å². The van der Waals surface area contributed by atoms with Crippen LogP contribution in [0.4, 0.5) is 0 Å². The molecule has 3 rings (SSSR count). The quantitative estimate of drug-likeness (QED) is 0.407. The Kier molecular flexibility index (Phi) is 8.99. The van der Waals surface area contributed by atoms with Crippen molar-refractivity contribution >= 4 is 17.6 Å². The van der Waals surface area contributed by atoms with Crippen LogP contribution in [0.5, 0.6) is 0 Å². The third-order valence-corrected chi connectivity index (χ3v) is 6.61. The number of Topliss-reactive ketones (excluding diaryl/α,β-unsaturated/α-hetero) is 1. The van der Waals surface area contributed by atoms with Crippen molar-refractivity contribution in [1.82, 2.24) is 15.1 Å². The third kappa shape index (κ3) is 6.18. The predicted octanol–water partition coefficient (Wildman–Crippen LogP) is 1.45. The van der Waals surface area contributed by atoms with Crippen LogP contribution in [0.3, 0.4) is 0 Å². The molecule has 1 atom stereocenters. The summed E-state index contributed by atoms with van der Waals surface area (Å²) in [6, 6.07) is 13.4. The second-order valence-electron chi connectivity index (χ2n) is 8.97. The number of rotatable bonds is 9. The van der Waals surface area contributed by atoms with E-state index in [1.54, 1.807) is 31.4 Å². The van der Waals surface area contributed by atoms with Crippen LogP contribution >= 0.6 is 0 Å². The van der Waals surface area contributed by atoms with Gasteiger partial charge in [0.1, 0.15) is 6.61 Å². The van der Waals surface area contributed by atoms with Crippen molar-refractivity contribution in [1.29, 1.82) is 0 Å². The van der Waals surface area contributed by atoms with Crippen LogP contribution in [-0.4, -0.2) is 85.0 Å². The van der Waals surface area contributed by atoms with E-state index in [-0.39, 0.29) is 5.60 Å². The number of ether oxygens (including phenoxy) is 1. The van der Waals surface area contributed by atoms with E-state index in [0.717, 1.165) is 42.1 Å². The third-order valence-electron chi connectivity index (χ3n) is 6.61. The number of nitrogens with zero attached hydrogens (tertiary/aromatic N) is 2. The minimum atomic E-state index is -1.40. The van der Waals surface area contributed by atoms with Gasteiger partial charge in [0.2, 0.25) is 5.91 Å². The number of hydrogen-bond acceptors (Lipinski definition) is 6. The van der Waals surface area contributed by atoms with Crippen LogP contribution in [0.2, 0.25) is 0 Å². The van der Waals surface area contributed by atoms with E-state index < -0.39 is 30.2 Å². The van der Waals surface area contributed by atoms with E-state index in [9.17, 15) is 14.4 Å². The number of aliphatic hydroxyl groups is 1. The predicted molar refractivity (Wildman–Crippen MR) is 136 cm³/mol. The van der Waals surface area contributed by atoms with Crippen molar-refractivity contribution in [3.8, 4) is 11.8 Å². The van der Waals surface area contributed by atoms with Gasteiger partial charge in [0.25, 0.3) is 5.91 Å². The molecule has 0 radical (unpaired) electrons. The lowest BCUT2D eigenvalue weighted by Crippen LogP contribution is -2.61. The van der Waals surface area contributed by atoms with Gasteiger partial charge in [-0.2, -0.15) is 0 Å². The molecule has 0 aliphatic carbocycles. The molecule has 2 aromatic rings. The Hall–Kier alpha value is -3.51. The standard InChI is InChI=1S/C28H33N3O5/c1-5-28(36-4)18-31(19-28)16-22-10-8-20(9-11-22)6-7-21-12-14-23(15-13-21)27(35)30(3)25(24(33)17-32)26(34)29-2/h8-15,25,32H,5,16-19H2,1-4H3,(H,29,34).